The molecule has 0 radical (unpaired) electrons. The number of oxime groups is 1. The molecule has 0 bridgehead atoms. The fraction of sp³-hybridized carbons (Fsp3) is 0.909. The second-order valence-electron chi connectivity index (χ2n) is 4.53. The summed E-state index contributed by atoms with van der Waals surface area (Å²) in [6.07, 6.45) is 4.54. The molecule has 1 saturated carbocycles. The van der Waals surface area contributed by atoms with Gasteiger partial charge in [-0.1, -0.05) is 24.9 Å². The van der Waals surface area contributed by atoms with Gasteiger partial charge in [0.15, 0.2) is 5.84 Å². The fourth-order valence-electron chi connectivity index (χ4n) is 2.57. The highest BCUT2D eigenvalue weighted by atomic mass is 16.4. The zero-order chi connectivity index (χ0) is 12.1. The van der Waals surface area contributed by atoms with E-state index in [1.807, 2.05) is 18.9 Å². The first-order valence-corrected chi connectivity index (χ1v) is 5.99. The molecule has 4 N–H and O–H groups in total. The molecule has 0 heterocycles. The first-order valence-electron chi connectivity index (χ1n) is 5.99. The predicted molar refractivity (Wildman–Crippen MR) is 63.5 cm³/mol. The lowest BCUT2D eigenvalue weighted by Gasteiger charge is -2.39. The zero-order valence-electron chi connectivity index (χ0n) is 10.1. The lowest BCUT2D eigenvalue weighted by molar-refractivity contribution is 0.0229. The Kier molecular flexibility index (Phi) is 5.02. The molecule has 1 aliphatic carbocycles. The van der Waals surface area contributed by atoms with Gasteiger partial charge >= 0.3 is 0 Å². The van der Waals surface area contributed by atoms with Gasteiger partial charge < -0.3 is 16.0 Å². The normalized spacial score (nSPS) is 29.4. The van der Waals surface area contributed by atoms with Crippen molar-refractivity contribution < 1.29 is 10.3 Å². The van der Waals surface area contributed by atoms with E-state index in [0.29, 0.717) is 0 Å². The van der Waals surface area contributed by atoms with E-state index in [4.69, 9.17) is 10.9 Å². The van der Waals surface area contributed by atoms with Gasteiger partial charge in [-0.05, 0) is 26.3 Å². The molecular formula is C11H23N3O2. The third kappa shape index (κ3) is 2.86. The summed E-state index contributed by atoms with van der Waals surface area (Å²) in [5, 5.41) is 21.7. The van der Waals surface area contributed by atoms with Gasteiger partial charge in [0.05, 0.1) is 12.1 Å². The van der Waals surface area contributed by atoms with Crippen molar-refractivity contribution in [2.45, 2.75) is 57.2 Å². The molecule has 1 fully saturated rings. The molecule has 0 aliphatic heterocycles. The summed E-state index contributed by atoms with van der Waals surface area (Å²) in [4.78, 5) is 2.04. The van der Waals surface area contributed by atoms with Gasteiger partial charge in [0.25, 0.3) is 0 Å². The number of hydrogen-bond donors (Lipinski definition) is 3. The van der Waals surface area contributed by atoms with Crippen molar-refractivity contribution in [3.8, 4) is 0 Å². The molecule has 1 aliphatic rings. The highest BCUT2D eigenvalue weighted by Crippen LogP contribution is 2.24. The van der Waals surface area contributed by atoms with Crippen LogP contribution >= 0.6 is 0 Å². The number of likely N-dealkylation sites (N-methyl/N-ethyl adjacent to an activating group) is 1. The van der Waals surface area contributed by atoms with E-state index < -0.39 is 0 Å². The average Bonchev–Trinajstić information content (AvgIpc) is 2.30. The monoisotopic (exact) mass is 229 g/mol. The third-order valence-electron chi connectivity index (χ3n) is 3.55. The fourth-order valence-corrected chi connectivity index (χ4v) is 2.57. The van der Waals surface area contributed by atoms with E-state index in [2.05, 4.69) is 5.16 Å². The molecule has 94 valence electrons. The van der Waals surface area contributed by atoms with Crippen molar-refractivity contribution in [1.29, 1.82) is 0 Å². The number of amidine groups is 1. The minimum Gasteiger partial charge on any atom is -0.409 e. The Morgan fingerprint density at radius 2 is 2.12 bits per heavy atom. The molecular weight excluding hydrogens is 206 g/mol. The van der Waals surface area contributed by atoms with Crippen LogP contribution in [0, 0.1) is 0 Å². The van der Waals surface area contributed by atoms with Gasteiger partial charge in [0.1, 0.15) is 0 Å². The van der Waals surface area contributed by atoms with Crippen LogP contribution in [0.5, 0.6) is 0 Å². The van der Waals surface area contributed by atoms with Crippen molar-refractivity contribution in [2.75, 3.05) is 7.05 Å². The van der Waals surface area contributed by atoms with Crippen LogP contribution < -0.4 is 5.73 Å². The predicted octanol–water partition coefficient (Wildman–Crippen LogP) is 0.747. The van der Waals surface area contributed by atoms with Crippen LogP contribution in [0.1, 0.15) is 39.0 Å². The van der Waals surface area contributed by atoms with Gasteiger partial charge in [-0.15, -0.1) is 0 Å². The quantitative estimate of drug-likeness (QED) is 0.287. The number of nitrogens with zero attached hydrogens (tertiary/aromatic N) is 2. The van der Waals surface area contributed by atoms with Crippen LogP contribution in [0.25, 0.3) is 0 Å². The number of aliphatic hydroxyl groups is 1. The number of aliphatic hydroxyl groups excluding tert-OH is 1. The van der Waals surface area contributed by atoms with Crippen LogP contribution in [0.2, 0.25) is 0 Å². The smallest absolute Gasteiger partial charge is 0.156 e. The van der Waals surface area contributed by atoms with Crippen molar-refractivity contribution in [3.05, 3.63) is 0 Å². The Morgan fingerprint density at radius 1 is 1.50 bits per heavy atom. The SMILES string of the molecule is CCC(C(N)=NO)N(C)C1CCCCC1O. The topological polar surface area (TPSA) is 82.1 Å². The summed E-state index contributed by atoms with van der Waals surface area (Å²) >= 11 is 0. The van der Waals surface area contributed by atoms with Gasteiger partial charge in [0, 0.05) is 6.04 Å². The lowest BCUT2D eigenvalue weighted by Crippen LogP contribution is -2.52. The van der Waals surface area contributed by atoms with Crippen LogP contribution in [-0.2, 0) is 0 Å². The van der Waals surface area contributed by atoms with Crippen LogP contribution in [0.15, 0.2) is 5.16 Å². The zero-order valence-corrected chi connectivity index (χ0v) is 10.1. The lowest BCUT2D eigenvalue weighted by atomic mass is 9.90. The minimum atomic E-state index is -0.292. The van der Waals surface area contributed by atoms with Gasteiger partial charge in [-0.3, -0.25) is 4.90 Å². The highest BCUT2D eigenvalue weighted by molar-refractivity contribution is 5.85. The number of hydrogen-bond acceptors (Lipinski definition) is 4. The van der Waals surface area contributed by atoms with E-state index in [1.165, 1.54) is 0 Å². The standard InChI is InChI=1S/C11H23N3O2/c1-3-8(11(12)13-16)14(2)9-6-4-5-7-10(9)15/h8-10,15-16H,3-7H2,1-2H3,(H2,12,13). The summed E-state index contributed by atoms with van der Waals surface area (Å²) in [6.45, 7) is 1.99. The van der Waals surface area contributed by atoms with E-state index in [0.717, 1.165) is 32.1 Å². The molecule has 0 aromatic heterocycles. The van der Waals surface area contributed by atoms with Crippen LogP contribution in [-0.4, -0.2) is 46.3 Å². The third-order valence-corrected chi connectivity index (χ3v) is 3.55. The Balaban J connectivity index is 2.69. The van der Waals surface area contributed by atoms with E-state index in [-0.39, 0.29) is 24.0 Å². The molecule has 1 rings (SSSR count). The van der Waals surface area contributed by atoms with Crippen molar-refractivity contribution in [2.24, 2.45) is 10.9 Å². The molecule has 16 heavy (non-hydrogen) atoms. The first-order chi connectivity index (χ1) is 7.61. The first kappa shape index (κ1) is 13.3. The Bertz CT molecular complexity index is 245. The Morgan fingerprint density at radius 3 is 2.62 bits per heavy atom. The largest absolute Gasteiger partial charge is 0.409 e. The van der Waals surface area contributed by atoms with Gasteiger partial charge in [-0.2, -0.15) is 0 Å². The number of nitrogens with two attached hydrogens (primary N) is 1. The van der Waals surface area contributed by atoms with Crippen molar-refractivity contribution in [3.63, 3.8) is 0 Å². The molecule has 0 amide bonds. The summed E-state index contributed by atoms with van der Waals surface area (Å²) in [5.41, 5.74) is 5.66. The van der Waals surface area contributed by atoms with E-state index in [1.54, 1.807) is 0 Å². The molecule has 5 heteroatoms. The molecule has 3 unspecified atom stereocenters. The minimum absolute atomic E-state index is 0.0947. The maximum atomic E-state index is 9.95. The van der Waals surface area contributed by atoms with Crippen LogP contribution in [0.4, 0.5) is 0 Å². The maximum Gasteiger partial charge on any atom is 0.156 e. The second kappa shape index (κ2) is 6.06. The molecule has 5 nitrogen and oxygen atoms in total. The summed E-state index contributed by atoms with van der Waals surface area (Å²) < 4.78 is 0. The summed E-state index contributed by atoms with van der Waals surface area (Å²) in [6, 6.07) is 0.0294. The summed E-state index contributed by atoms with van der Waals surface area (Å²) in [7, 11) is 1.94. The molecule has 0 aromatic carbocycles. The van der Waals surface area contributed by atoms with Gasteiger partial charge in [-0.25, -0.2) is 0 Å². The molecule has 3 atom stereocenters. The highest BCUT2D eigenvalue weighted by Gasteiger charge is 2.31. The Labute approximate surface area is 96.9 Å². The maximum absolute atomic E-state index is 9.95. The van der Waals surface area contributed by atoms with E-state index in [9.17, 15) is 5.11 Å². The molecule has 0 aromatic rings. The Hall–Kier alpha value is -0.810. The van der Waals surface area contributed by atoms with Crippen LogP contribution in [0.3, 0.4) is 0 Å². The average molecular weight is 229 g/mol. The summed E-state index contributed by atoms with van der Waals surface area (Å²) in [5.74, 6) is 0.225. The van der Waals surface area contributed by atoms with Gasteiger partial charge in [0.2, 0.25) is 0 Å². The molecule has 0 spiro atoms. The second-order valence-corrected chi connectivity index (χ2v) is 4.53. The molecule has 0 saturated heterocycles. The van der Waals surface area contributed by atoms with E-state index >= 15 is 0 Å². The van der Waals surface area contributed by atoms with Crippen molar-refractivity contribution in [1.82, 2.24) is 4.90 Å². The number of rotatable bonds is 4. The van der Waals surface area contributed by atoms with Crippen molar-refractivity contribution >= 4 is 5.84 Å².